The second kappa shape index (κ2) is 4.84. The zero-order valence-corrected chi connectivity index (χ0v) is 10.4. The van der Waals surface area contributed by atoms with Gasteiger partial charge in [0.2, 0.25) is 0 Å². The summed E-state index contributed by atoms with van der Waals surface area (Å²) in [5.74, 6) is 1.17. The van der Waals surface area contributed by atoms with Crippen LogP contribution in [0, 0.1) is 12.7 Å². The zero-order valence-electron chi connectivity index (χ0n) is 8.74. The van der Waals surface area contributed by atoms with Crippen LogP contribution >= 0.6 is 23.1 Å². The monoisotopic (exact) mass is 254 g/mol. The topological polar surface area (TPSA) is 38.9 Å². The molecule has 0 aliphatic rings. The van der Waals surface area contributed by atoms with Crippen molar-refractivity contribution in [3.63, 3.8) is 0 Å². The summed E-state index contributed by atoms with van der Waals surface area (Å²) in [5.41, 5.74) is 5.67. The van der Waals surface area contributed by atoms with Crippen molar-refractivity contribution in [2.24, 2.45) is 0 Å². The smallest absolute Gasteiger partial charge is 0.137 e. The van der Waals surface area contributed by atoms with Gasteiger partial charge in [0.15, 0.2) is 0 Å². The molecule has 16 heavy (non-hydrogen) atoms. The fourth-order valence-corrected chi connectivity index (χ4v) is 2.95. The lowest BCUT2D eigenvalue weighted by molar-refractivity contribution is 0.626. The molecule has 0 spiro atoms. The third-order valence-electron chi connectivity index (χ3n) is 2.05. The number of aryl methyl sites for hydroxylation is 1. The van der Waals surface area contributed by atoms with Gasteiger partial charge in [0, 0.05) is 9.77 Å². The standard InChI is InChI=1S/C11H11FN2S2/c1-7-11(13)14-10(16-7)6-15-9-4-2-8(12)3-5-9/h2-5H,6,13H2,1H3. The van der Waals surface area contributed by atoms with Crippen molar-refractivity contribution in [3.05, 3.63) is 40.0 Å². The molecular formula is C11H11FN2S2. The van der Waals surface area contributed by atoms with E-state index in [9.17, 15) is 4.39 Å². The van der Waals surface area contributed by atoms with Gasteiger partial charge in [-0.05, 0) is 31.2 Å². The molecule has 2 rings (SSSR count). The number of halogens is 1. The van der Waals surface area contributed by atoms with E-state index in [2.05, 4.69) is 4.98 Å². The Morgan fingerprint density at radius 3 is 2.62 bits per heavy atom. The molecule has 0 fully saturated rings. The highest BCUT2D eigenvalue weighted by Gasteiger charge is 2.04. The number of hydrogen-bond acceptors (Lipinski definition) is 4. The SMILES string of the molecule is Cc1sc(CSc2ccc(F)cc2)nc1N. The molecular weight excluding hydrogens is 243 g/mol. The molecule has 2 N–H and O–H groups in total. The second-order valence-electron chi connectivity index (χ2n) is 3.29. The summed E-state index contributed by atoms with van der Waals surface area (Å²) in [4.78, 5) is 6.33. The van der Waals surface area contributed by atoms with Crippen molar-refractivity contribution < 1.29 is 4.39 Å². The maximum absolute atomic E-state index is 12.7. The van der Waals surface area contributed by atoms with E-state index in [1.807, 2.05) is 6.92 Å². The van der Waals surface area contributed by atoms with Crippen LogP contribution < -0.4 is 5.73 Å². The quantitative estimate of drug-likeness (QED) is 0.852. The van der Waals surface area contributed by atoms with Crippen molar-refractivity contribution in [2.75, 3.05) is 5.73 Å². The first-order chi connectivity index (χ1) is 7.65. The Bertz CT molecular complexity index is 460. The van der Waals surface area contributed by atoms with Crippen LogP contribution in [0.2, 0.25) is 0 Å². The Balaban J connectivity index is 1.99. The summed E-state index contributed by atoms with van der Waals surface area (Å²) in [6.45, 7) is 1.96. The van der Waals surface area contributed by atoms with Crippen molar-refractivity contribution >= 4 is 28.9 Å². The predicted octanol–water partition coefficient (Wildman–Crippen LogP) is 3.47. The molecule has 0 amide bonds. The molecule has 1 aromatic heterocycles. The van der Waals surface area contributed by atoms with Crippen LogP contribution in [0.3, 0.4) is 0 Å². The summed E-state index contributed by atoms with van der Waals surface area (Å²) in [7, 11) is 0. The summed E-state index contributed by atoms with van der Waals surface area (Å²) in [5, 5.41) is 1.00. The van der Waals surface area contributed by atoms with Gasteiger partial charge in [-0.2, -0.15) is 0 Å². The maximum atomic E-state index is 12.7. The molecule has 0 unspecified atom stereocenters. The van der Waals surface area contributed by atoms with Crippen LogP contribution in [0.5, 0.6) is 0 Å². The first-order valence-corrected chi connectivity index (χ1v) is 6.55. The van der Waals surface area contributed by atoms with Gasteiger partial charge in [0.1, 0.15) is 16.6 Å². The van der Waals surface area contributed by atoms with Crippen molar-refractivity contribution in [1.82, 2.24) is 4.98 Å². The number of nitrogen functional groups attached to an aromatic ring is 1. The van der Waals surface area contributed by atoms with E-state index < -0.39 is 0 Å². The number of rotatable bonds is 3. The molecule has 0 saturated carbocycles. The Morgan fingerprint density at radius 2 is 2.06 bits per heavy atom. The minimum atomic E-state index is -0.210. The lowest BCUT2D eigenvalue weighted by Gasteiger charge is -1.98. The lowest BCUT2D eigenvalue weighted by atomic mass is 10.4. The van der Waals surface area contributed by atoms with Crippen LogP contribution in [-0.4, -0.2) is 4.98 Å². The van der Waals surface area contributed by atoms with Crippen LogP contribution in [0.1, 0.15) is 9.88 Å². The van der Waals surface area contributed by atoms with Gasteiger partial charge in [-0.15, -0.1) is 23.1 Å². The van der Waals surface area contributed by atoms with E-state index in [4.69, 9.17) is 5.73 Å². The molecule has 0 aliphatic heterocycles. The number of benzene rings is 1. The molecule has 2 nitrogen and oxygen atoms in total. The largest absolute Gasteiger partial charge is 0.383 e. The molecule has 1 heterocycles. The number of nitrogens with zero attached hydrogens (tertiary/aromatic N) is 1. The van der Waals surface area contributed by atoms with E-state index in [-0.39, 0.29) is 5.82 Å². The molecule has 0 atom stereocenters. The fraction of sp³-hybridized carbons (Fsp3) is 0.182. The van der Waals surface area contributed by atoms with E-state index in [1.54, 1.807) is 35.2 Å². The van der Waals surface area contributed by atoms with E-state index in [1.165, 1.54) is 12.1 Å². The van der Waals surface area contributed by atoms with Gasteiger partial charge < -0.3 is 5.73 Å². The molecule has 0 saturated heterocycles. The number of aromatic nitrogens is 1. The Morgan fingerprint density at radius 1 is 1.38 bits per heavy atom. The fourth-order valence-electron chi connectivity index (χ4n) is 1.20. The highest BCUT2D eigenvalue weighted by Crippen LogP contribution is 2.27. The van der Waals surface area contributed by atoms with Gasteiger partial charge in [0.25, 0.3) is 0 Å². The first kappa shape index (κ1) is 11.4. The van der Waals surface area contributed by atoms with Crippen LogP contribution in [0.15, 0.2) is 29.2 Å². The number of nitrogens with two attached hydrogens (primary N) is 1. The number of thiazole rings is 1. The summed E-state index contributed by atoms with van der Waals surface area (Å²) in [6.07, 6.45) is 0. The van der Waals surface area contributed by atoms with Crippen LogP contribution in [0.25, 0.3) is 0 Å². The average Bonchev–Trinajstić information content (AvgIpc) is 2.58. The van der Waals surface area contributed by atoms with Gasteiger partial charge in [-0.25, -0.2) is 9.37 Å². The first-order valence-electron chi connectivity index (χ1n) is 4.75. The number of anilines is 1. The Hall–Kier alpha value is -1.07. The summed E-state index contributed by atoms with van der Waals surface area (Å²) >= 11 is 3.24. The predicted molar refractivity (Wildman–Crippen MR) is 67.2 cm³/mol. The minimum Gasteiger partial charge on any atom is -0.383 e. The normalized spacial score (nSPS) is 10.6. The van der Waals surface area contributed by atoms with Crippen molar-refractivity contribution in [3.8, 4) is 0 Å². The van der Waals surface area contributed by atoms with Crippen molar-refractivity contribution in [1.29, 1.82) is 0 Å². The minimum absolute atomic E-state index is 0.210. The molecule has 84 valence electrons. The molecule has 5 heteroatoms. The average molecular weight is 254 g/mol. The molecule has 0 radical (unpaired) electrons. The highest BCUT2D eigenvalue weighted by atomic mass is 32.2. The highest BCUT2D eigenvalue weighted by molar-refractivity contribution is 7.98. The van der Waals surface area contributed by atoms with Crippen LogP contribution in [-0.2, 0) is 5.75 Å². The molecule has 1 aromatic carbocycles. The van der Waals surface area contributed by atoms with Crippen molar-refractivity contribution in [2.45, 2.75) is 17.6 Å². The van der Waals surface area contributed by atoms with Gasteiger partial charge in [-0.3, -0.25) is 0 Å². The van der Waals surface area contributed by atoms with Gasteiger partial charge >= 0.3 is 0 Å². The second-order valence-corrected chi connectivity index (χ2v) is 5.63. The zero-order chi connectivity index (χ0) is 11.5. The third kappa shape index (κ3) is 2.74. The van der Waals surface area contributed by atoms with Crippen LogP contribution in [0.4, 0.5) is 10.2 Å². The van der Waals surface area contributed by atoms with Gasteiger partial charge in [-0.1, -0.05) is 0 Å². The Kier molecular flexibility index (Phi) is 3.46. The third-order valence-corrected chi connectivity index (χ3v) is 4.25. The van der Waals surface area contributed by atoms with E-state index >= 15 is 0 Å². The Labute approximate surface area is 102 Å². The molecule has 2 aromatic rings. The number of thioether (sulfide) groups is 1. The number of hydrogen-bond donors (Lipinski definition) is 1. The van der Waals surface area contributed by atoms with E-state index in [0.29, 0.717) is 5.82 Å². The summed E-state index contributed by atoms with van der Waals surface area (Å²) in [6, 6.07) is 6.46. The van der Waals surface area contributed by atoms with Gasteiger partial charge in [0.05, 0.1) is 5.75 Å². The molecule has 0 bridgehead atoms. The maximum Gasteiger partial charge on any atom is 0.137 e. The summed E-state index contributed by atoms with van der Waals surface area (Å²) < 4.78 is 12.7. The lowest BCUT2D eigenvalue weighted by Crippen LogP contribution is -1.86. The van der Waals surface area contributed by atoms with E-state index in [0.717, 1.165) is 20.5 Å². The molecule has 0 aliphatic carbocycles.